The molecule has 1 aromatic heterocycles. The van der Waals surface area contributed by atoms with Gasteiger partial charge in [-0.15, -0.1) is 0 Å². The zero-order chi connectivity index (χ0) is 16.9. The number of hydrogen-bond acceptors (Lipinski definition) is 5. The van der Waals surface area contributed by atoms with E-state index in [1.54, 1.807) is 4.68 Å². The highest BCUT2D eigenvalue weighted by Gasteiger charge is 2.36. The molecule has 3 rings (SSSR count). The predicted molar refractivity (Wildman–Crippen MR) is 89.3 cm³/mol. The number of nitrogens with zero attached hydrogens (tertiary/aromatic N) is 3. The number of hydrogen-bond donors (Lipinski definition) is 2. The SMILES string of the molecule is Cn1cc([C@H](NC(=O)CCCN2CCOCC2)C2CC(O)C2)cn1. The number of rotatable bonds is 7. The second kappa shape index (κ2) is 8.09. The molecule has 2 aliphatic rings. The van der Waals surface area contributed by atoms with E-state index in [1.165, 1.54) is 0 Å². The molecule has 0 spiro atoms. The molecule has 1 aromatic rings. The summed E-state index contributed by atoms with van der Waals surface area (Å²) in [5.74, 6) is 0.380. The van der Waals surface area contributed by atoms with Crippen LogP contribution < -0.4 is 5.32 Å². The van der Waals surface area contributed by atoms with Gasteiger partial charge in [-0.3, -0.25) is 14.4 Å². The van der Waals surface area contributed by atoms with Gasteiger partial charge in [-0.2, -0.15) is 5.10 Å². The number of carbonyl (C=O) groups excluding carboxylic acids is 1. The van der Waals surface area contributed by atoms with Gasteiger partial charge in [-0.1, -0.05) is 0 Å². The third kappa shape index (κ3) is 4.55. The minimum Gasteiger partial charge on any atom is -0.393 e. The van der Waals surface area contributed by atoms with Crippen molar-refractivity contribution >= 4 is 5.91 Å². The van der Waals surface area contributed by atoms with Gasteiger partial charge in [0.1, 0.15) is 0 Å². The smallest absolute Gasteiger partial charge is 0.220 e. The van der Waals surface area contributed by atoms with Gasteiger partial charge in [0.2, 0.25) is 5.91 Å². The quantitative estimate of drug-likeness (QED) is 0.756. The van der Waals surface area contributed by atoms with E-state index in [9.17, 15) is 9.90 Å². The summed E-state index contributed by atoms with van der Waals surface area (Å²) in [5.41, 5.74) is 1.02. The monoisotopic (exact) mass is 336 g/mol. The maximum absolute atomic E-state index is 12.4. The second-order valence-electron chi connectivity index (χ2n) is 6.94. The van der Waals surface area contributed by atoms with Crippen molar-refractivity contribution < 1.29 is 14.6 Å². The average Bonchev–Trinajstić information content (AvgIpc) is 2.97. The largest absolute Gasteiger partial charge is 0.393 e. The first-order valence-corrected chi connectivity index (χ1v) is 8.88. The molecule has 2 N–H and O–H groups in total. The van der Waals surface area contributed by atoms with E-state index in [0.717, 1.165) is 57.7 Å². The summed E-state index contributed by atoms with van der Waals surface area (Å²) < 4.78 is 7.09. The average molecular weight is 336 g/mol. The number of carbonyl (C=O) groups is 1. The Hall–Kier alpha value is -1.44. The molecular weight excluding hydrogens is 308 g/mol. The van der Waals surface area contributed by atoms with Gasteiger partial charge >= 0.3 is 0 Å². The van der Waals surface area contributed by atoms with Gasteiger partial charge in [0, 0.05) is 38.3 Å². The van der Waals surface area contributed by atoms with Gasteiger partial charge in [0.25, 0.3) is 0 Å². The molecular formula is C17H28N4O3. The van der Waals surface area contributed by atoms with E-state index in [1.807, 2.05) is 19.4 Å². The van der Waals surface area contributed by atoms with Crippen molar-refractivity contribution in [2.75, 3.05) is 32.8 Å². The highest BCUT2D eigenvalue weighted by molar-refractivity contribution is 5.76. The van der Waals surface area contributed by atoms with E-state index in [2.05, 4.69) is 15.3 Å². The van der Waals surface area contributed by atoms with E-state index >= 15 is 0 Å². The van der Waals surface area contributed by atoms with Crippen molar-refractivity contribution in [1.29, 1.82) is 0 Å². The van der Waals surface area contributed by atoms with Crippen LogP contribution in [-0.4, -0.2) is 64.6 Å². The molecule has 1 aliphatic carbocycles. The predicted octanol–water partition coefficient (Wildman–Crippen LogP) is 0.461. The standard InChI is InChI=1S/C17H28N4O3/c1-20-12-14(11-18-20)17(13-9-15(22)10-13)19-16(23)3-2-4-21-5-7-24-8-6-21/h11-13,15,17,22H,2-10H2,1H3,(H,19,23)/t13?,15?,17-/m1/s1. The topological polar surface area (TPSA) is 79.6 Å². The molecule has 7 heteroatoms. The Morgan fingerprint density at radius 3 is 2.83 bits per heavy atom. The van der Waals surface area contributed by atoms with Crippen molar-refractivity contribution in [3.63, 3.8) is 0 Å². The summed E-state index contributed by atoms with van der Waals surface area (Å²) in [6.07, 6.45) is 6.41. The van der Waals surface area contributed by atoms with Crippen LogP contribution in [0.2, 0.25) is 0 Å². The molecule has 0 radical (unpaired) electrons. The second-order valence-corrected chi connectivity index (χ2v) is 6.94. The Bertz CT molecular complexity index is 536. The lowest BCUT2D eigenvalue weighted by molar-refractivity contribution is -0.123. The first-order valence-electron chi connectivity index (χ1n) is 8.88. The minimum absolute atomic E-state index is 0.0435. The van der Waals surface area contributed by atoms with Crippen LogP contribution in [0.4, 0.5) is 0 Å². The first kappa shape index (κ1) is 17.4. The molecule has 7 nitrogen and oxygen atoms in total. The molecule has 1 atom stereocenters. The molecule has 134 valence electrons. The maximum Gasteiger partial charge on any atom is 0.220 e. The number of aliphatic hydroxyl groups is 1. The number of amides is 1. The van der Waals surface area contributed by atoms with Crippen molar-refractivity contribution in [1.82, 2.24) is 20.0 Å². The lowest BCUT2D eigenvalue weighted by Gasteiger charge is -2.37. The van der Waals surface area contributed by atoms with Crippen molar-refractivity contribution in [3.05, 3.63) is 18.0 Å². The van der Waals surface area contributed by atoms with E-state index in [-0.39, 0.29) is 18.1 Å². The van der Waals surface area contributed by atoms with Gasteiger partial charge in [-0.05, 0) is 31.7 Å². The van der Waals surface area contributed by atoms with Crippen LogP contribution in [0.5, 0.6) is 0 Å². The van der Waals surface area contributed by atoms with Crippen LogP contribution >= 0.6 is 0 Å². The Morgan fingerprint density at radius 2 is 2.21 bits per heavy atom. The Balaban J connectivity index is 1.47. The van der Waals surface area contributed by atoms with Crippen molar-refractivity contribution in [3.8, 4) is 0 Å². The molecule has 0 bridgehead atoms. The van der Waals surface area contributed by atoms with Crippen LogP contribution in [0.25, 0.3) is 0 Å². The molecule has 1 saturated heterocycles. The Morgan fingerprint density at radius 1 is 1.46 bits per heavy atom. The number of aromatic nitrogens is 2. The fourth-order valence-corrected chi connectivity index (χ4v) is 3.51. The summed E-state index contributed by atoms with van der Waals surface area (Å²) >= 11 is 0. The molecule has 0 unspecified atom stereocenters. The number of ether oxygens (including phenoxy) is 1. The van der Waals surface area contributed by atoms with Crippen LogP contribution in [-0.2, 0) is 16.6 Å². The minimum atomic E-state index is -0.229. The van der Waals surface area contributed by atoms with Crippen LogP contribution in [0.3, 0.4) is 0 Å². The number of morpholine rings is 1. The number of aryl methyl sites for hydroxylation is 1. The fourth-order valence-electron chi connectivity index (χ4n) is 3.51. The van der Waals surface area contributed by atoms with E-state index < -0.39 is 0 Å². The third-order valence-electron chi connectivity index (χ3n) is 5.00. The van der Waals surface area contributed by atoms with Gasteiger partial charge in [-0.25, -0.2) is 0 Å². The molecule has 2 heterocycles. The number of nitrogens with one attached hydrogen (secondary N) is 1. The van der Waals surface area contributed by atoms with Crippen molar-refractivity contribution in [2.24, 2.45) is 13.0 Å². The zero-order valence-corrected chi connectivity index (χ0v) is 14.4. The Kier molecular flexibility index (Phi) is 5.86. The van der Waals surface area contributed by atoms with Gasteiger partial charge in [0.15, 0.2) is 0 Å². The lowest BCUT2D eigenvalue weighted by atomic mass is 9.75. The van der Waals surface area contributed by atoms with Crippen molar-refractivity contribution in [2.45, 2.75) is 37.8 Å². The molecule has 24 heavy (non-hydrogen) atoms. The molecule has 1 saturated carbocycles. The van der Waals surface area contributed by atoms with Gasteiger partial charge < -0.3 is 15.2 Å². The summed E-state index contributed by atoms with van der Waals surface area (Å²) in [5, 5.41) is 17.0. The zero-order valence-electron chi connectivity index (χ0n) is 14.4. The fraction of sp³-hybridized carbons (Fsp3) is 0.765. The van der Waals surface area contributed by atoms with Crippen LogP contribution in [0.1, 0.15) is 37.3 Å². The molecule has 1 aliphatic heterocycles. The van der Waals surface area contributed by atoms with Gasteiger partial charge in [0.05, 0.1) is 31.6 Å². The highest BCUT2D eigenvalue weighted by atomic mass is 16.5. The molecule has 2 fully saturated rings. The lowest BCUT2D eigenvalue weighted by Crippen LogP contribution is -2.41. The van der Waals surface area contributed by atoms with E-state index in [4.69, 9.17) is 4.74 Å². The van der Waals surface area contributed by atoms with E-state index in [0.29, 0.717) is 12.3 Å². The number of aliphatic hydroxyl groups excluding tert-OH is 1. The van der Waals surface area contributed by atoms with Crippen LogP contribution in [0.15, 0.2) is 12.4 Å². The highest BCUT2D eigenvalue weighted by Crippen LogP contribution is 2.38. The maximum atomic E-state index is 12.4. The third-order valence-corrected chi connectivity index (χ3v) is 5.00. The summed E-state index contributed by atoms with van der Waals surface area (Å²) in [7, 11) is 1.88. The summed E-state index contributed by atoms with van der Waals surface area (Å²) in [6, 6.07) is -0.0435. The van der Waals surface area contributed by atoms with Crippen LogP contribution in [0, 0.1) is 5.92 Å². The normalized spacial score (nSPS) is 25.9. The first-order chi connectivity index (χ1) is 11.6. The summed E-state index contributed by atoms with van der Waals surface area (Å²) in [4.78, 5) is 14.7. The Labute approximate surface area is 143 Å². The molecule has 1 amide bonds. The molecule has 0 aromatic carbocycles. The summed E-state index contributed by atoms with van der Waals surface area (Å²) in [6.45, 7) is 4.44.